The quantitative estimate of drug-likeness (QED) is 0.784. The number of aromatic nitrogens is 1. The minimum absolute atomic E-state index is 0.0492. The maximum Gasteiger partial charge on any atom is 0.276 e. The van der Waals surface area contributed by atoms with Crippen LogP contribution in [0.25, 0.3) is 0 Å². The molecule has 1 aromatic rings. The lowest BCUT2D eigenvalue weighted by Gasteiger charge is -2.56. The first-order valence-corrected chi connectivity index (χ1v) is 10.5. The highest BCUT2D eigenvalue weighted by Crippen LogP contribution is 2.41. The minimum Gasteiger partial charge on any atom is -0.372 e. The van der Waals surface area contributed by atoms with Crippen LogP contribution in [0.2, 0.25) is 0 Å². The number of fused-ring (bicyclic) bond motifs is 4. The highest BCUT2D eigenvalue weighted by Gasteiger charge is 2.48. The number of ether oxygens (including phenoxy) is 1. The van der Waals surface area contributed by atoms with Crippen LogP contribution in [0.3, 0.4) is 0 Å². The average molecular weight is 390 g/mol. The molecular formula is C20H30N4O4. The molecule has 154 valence electrons. The van der Waals surface area contributed by atoms with Crippen molar-refractivity contribution in [3.63, 3.8) is 0 Å². The molecule has 8 nitrogen and oxygen atoms in total. The molecule has 4 atom stereocenters. The van der Waals surface area contributed by atoms with Gasteiger partial charge in [-0.25, -0.2) is 0 Å². The molecule has 0 aliphatic carbocycles. The summed E-state index contributed by atoms with van der Waals surface area (Å²) in [6.45, 7) is 5.72. The number of amides is 2. The van der Waals surface area contributed by atoms with Crippen LogP contribution in [-0.2, 0) is 9.53 Å². The predicted molar refractivity (Wildman–Crippen MR) is 102 cm³/mol. The Bertz CT molecular complexity index is 680. The number of nitrogens with one attached hydrogen (secondary N) is 1. The first-order chi connectivity index (χ1) is 13.7. The summed E-state index contributed by atoms with van der Waals surface area (Å²) < 4.78 is 10.1. The molecule has 4 heterocycles. The number of likely N-dealkylation sites (tertiary alicyclic amines) is 1. The topological polar surface area (TPSA) is 87.9 Å². The Hall–Kier alpha value is -1.93. The summed E-state index contributed by atoms with van der Waals surface area (Å²) in [5.74, 6) is 0.734. The second-order valence-corrected chi connectivity index (χ2v) is 8.16. The third-order valence-electron chi connectivity index (χ3n) is 6.51. The van der Waals surface area contributed by atoms with E-state index >= 15 is 0 Å². The van der Waals surface area contributed by atoms with E-state index < -0.39 is 0 Å². The van der Waals surface area contributed by atoms with Gasteiger partial charge in [-0.2, -0.15) is 0 Å². The molecule has 8 heteroatoms. The monoisotopic (exact) mass is 390 g/mol. The lowest BCUT2D eigenvalue weighted by molar-refractivity contribution is -0.126. The summed E-state index contributed by atoms with van der Waals surface area (Å²) in [4.78, 5) is 29.5. The maximum absolute atomic E-state index is 12.8. The van der Waals surface area contributed by atoms with Crippen LogP contribution in [0.1, 0.15) is 43.1 Å². The number of nitrogens with zero attached hydrogens (tertiary/aromatic N) is 3. The molecule has 2 amide bonds. The molecule has 1 N–H and O–H groups in total. The Balaban J connectivity index is 1.47. The van der Waals surface area contributed by atoms with Gasteiger partial charge in [0.2, 0.25) is 5.91 Å². The van der Waals surface area contributed by atoms with E-state index in [9.17, 15) is 9.59 Å². The van der Waals surface area contributed by atoms with Crippen LogP contribution >= 0.6 is 0 Å². The average Bonchev–Trinajstić information content (AvgIpc) is 3.26. The Morgan fingerprint density at radius 2 is 2.18 bits per heavy atom. The van der Waals surface area contributed by atoms with Crippen molar-refractivity contribution in [1.82, 2.24) is 20.3 Å². The second kappa shape index (κ2) is 8.61. The van der Waals surface area contributed by atoms with Gasteiger partial charge in [-0.05, 0) is 44.6 Å². The van der Waals surface area contributed by atoms with Crippen LogP contribution in [-0.4, -0.2) is 78.2 Å². The minimum atomic E-state index is -0.0659. The van der Waals surface area contributed by atoms with Crippen molar-refractivity contribution < 1.29 is 18.8 Å². The molecule has 0 aromatic carbocycles. The van der Waals surface area contributed by atoms with E-state index in [-0.39, 0.29) is 24.5 Å². The normalized spacial score (nSPS) is 30.0. The Labute approximate surface area is 165 Å². The van der Waals surface area contributed by atoms with Crippen molar-refractivity contribution in [2.45, 2.75) is 44.7 Å². The van der Waals surface area contributed by atoms with E-state index in [4.69, 9.17) is 9.26 Å². The summed E-state index contributed by atoms with van der Waals surface area (Å²) in [6, 6.07) is 2.39. The Kier molecular flexibility index (Phi) is 5.96. The summed E-state index contributed by atoms with van der Waals surface area (Å²) in [5, 5.41) is 6.89. The SMILES string of the molecule is CCOCC(=O)NC[C@H]1[C@H]2C[C@H](CN(C(=O)c3ccon3)C2)[C@@H]2CCCCN21. The van der Waals surface area contributed by atoms with Gasteiger partial charge < -0.3 is 19.5 Å². The molecule has 3 aliphatic heterocycles. The number of carbonyl (C=O) groups is 2. The van der Waals surface area contributed by atoms with Crippen molar-refractivity contribution in [3.05, 3.63) is 18.0 Å². The number of rotatable bonds is 6. The second-order valence-electron chi connectivity index (χ2n) is 8.16. The zero-order valence-corrected chi connectivity index (χ0v) is 16.5. The molecule has 3 fully saturated rings. The molecule has 0 spiro atoms. The highest BCUT2D eigenvalue weighted by atomic mass is 16.5. The standard InChI is InChI=1S/C20H30N4O4/c1-2-27-13-19(25)21-10-18-15-9-14(17-5-3-4-7-24(17)18)11-23(12-15)20(26)16-6-8-28-22-16/h6,8,14-15,17-18H,2-5,7,9-13H2,1H3,(H,21,25)/t14-,15+,17+,18+/m1/s1. The van der Waals surface area contributed by atoms with Crippen LogP contribution in [0, 0.1) is 11.8 Å². The van der Waals surface area contributed by atoms with E-state index in [1.807, 2.05) is 11.8 Å². The third kappa shape index (κ3) is 3.93. The lowest BCUT2D eigenvalue weighted by atomic mass is 9.72. The van der Waals surface area contributed by atoms with Crippen molar-refractivity contribution in [3.8, 4) is 0 Å². The van der Waals surface area contributed by atoms with Crippen molar-refractivity contribution in [2.24, 2.45) is 11.8 Å². The zero-order valence-electron chi connectivity index (χ0n) is 16.5. The largest absolute Gasteiger partial charge is 0.372 e. The van der Waals surface area contributed by atoms with Crippen LogP contribution in [0.15, 0.2) is 16.9 Å². The fraction of sp³-hybridized carbons (Fsp3) is 0.750. The molecule has 3 aliphatic rings. The van der Waals surface area contributed by atoms with Gasteiger partial charge in [0.05, 0.1) is 0 Å². The first-order valence-electron chi connectivity index (χ1n) is 10.5. The van der Waals surface area contributed by atoms with Gasteiger partial charge in [-0.3, -0.25) is 14.5 Å². The highest BCUT2D eigenvalue weighted by molar-refractivity contribution is 5.92. The van der Waals surface area contributed by atoms with E-state index in [1.54, 1.807) is 6.07 Å². The molecule has 4 rings (SSSR count). The summed E-state index contributed by atoms with van der Waals surface area (Å²) in [5.41, 5.74) is 0.377. The van der Waals surface area contributed by atoms with E-state index in [0.29, 0.717) is 43.3 Å². The van der Waals surface area contributed by atoms with Crippen LogP contribution in [0.4, 0.5) is 0 Å². The number of hydrogen-bond donors (Lipinski definition) is 1. The smallest absolute Gasteiger partial charge is 0.276 e. The molecule has 3 saturated heterocycles. The number of carbonyl (C=O) groups excluding carboxylic acids is 2. The molecule has 0 saturated carbocycles. The molecule has 2 bridgehead atoms. The fourth-order valence-corrected chi connectivity index (χ4v) is 5.30. The van der Waals surface area contributed by atoms with Crippen molar-refractivity contribution >= 4 is 11.8 Å². The van der Waals surface area contributed by atoms with Crippen LogP contribution < -0.4 is 5.32 Å². The summed E-state index contributed by atoms with van der Waals surface area (Å²) in [6.07, 6.45) is 6.18. The van der Waals surface area contributed by atoms with E-state index in [2.05, 4.69) is 15.4 Å². The number of hydrogen-bond acceptors (Lipinski definition) is 6. The molecule has 28 heavy (non-hydrogen) atoms. The third-order valence-corrected chi connectivity index (χ3v) is 6.51. The first kappa shape index (κ1) is 19.4. The van der Waals surface area contributed by atoms with Gasteiger partial charge in [0.1, 0.15) is 12.9 Å². The fourth-order valence-electron chi connectivity index (χ4n) is 5.30. The van der Waals surface area contributed by atoms with Gasteiger partial charge >= 0.3 is 0 Å². The summed E-state index contributed by atoms with van der Waals surface area (Å²) >= 11 is 0. The van der Waals surface area contributed by atoms with Gasteiger partial charge in [-0.15, -0.1) is 0 Å². The van der Waals surface area contributed by atoms with Gasteiger partial charge in [0, 0.05) is 44.4 Å². The molecular weight excluding hydrogens is 360 g/mol. The van der Waals surface area contributed by atoms with E-state index in [1.165, 1.54) is 25.5 Å². The molecule has 0 unspecified atom stereocenters. The molecule has 0 radical (unpaired) electrons. The predicted octanol–water partition coefficient (Wildman–Crippen LogP) is 1.14. The van der Waals surface area contributed by atoms with Gasteiger partial charge in [0.25, 0.3) is 5.91 Å². The van der Waals surface area contributed by atoms with Gasteiger partial charge in [-0.1, -0.05) is 11.6 Å². The molecule has 1 aromatic heterocycles. The van der Waals surface area contributed by atoms with E-state index in [0.717, 1.165) is 19.5 Å². The zero-order chi connectivity index (χ0) is 19.5. The van der Waals surface area contributed by atoms with Crippen LogP contribution in [0.5, 0.6) is 0 Å². The van der Waals surface area contributed by atoms with Gasteiger partial charge in [0.15, 0.2) is 5.69 Å². The van der Waals surface area contributed by atoms with Crippen molar-refractivity contribution in [2.75, 3.05) is 39.4 Å². The lowest BCUT2D eigenvalue weighted by Crippen LogP contribution is -2.66. The Morgan fingerprint density at radius 3 is 2.96 bits per heavy atom. The van der Waals surface area contributed by atoms with Crippen molar-refractivity contribution in [1.29, 1.82) is 0 Å². The summed E-state index contributed by atoms with van der Waals surface area (Å²) in [7, 11) is 0. The maximum atomic E-state index is 12.8. The number of piperidine rings is 3. The Morgan fingerprint density at radius 1 is 1.32 bits per heavy atom.